The number of hydrogen-bond donors (Lipinski definition) is 4. The fraction of sp³-hybridized carbons (Fsp3) is 0.625. The Morgan fingerprint density at radius 1 is 1.09 bits per heavy atom. The molecule has 1 atom stereocenters. The first-order valence-electron chi connectivity index (χ1n) is 11.2. The number of hydrogen-bond acceptors (Lipinski definition) is 7. The van der Waals surface area contributed by atoms with Crippen LogP contribution in [0.2, 0.25) is 0 Å². The summed E-state index contributed by atoms with van der Waals surface area (Å²) in [4.78, 5) is 32.4. The molecule has 0 saturated carbocycles. The Labute approximate surface area is 194 Å². The highest BCUT2D eigenvalue weighted by Crippen LogP contribution is 2.24. The van der Waals surface area contributed by atoms with Crippen LogP contribution in [0.5, 0.6) is 5.75 Å². The van der Waals surface area contributed by atoms with E-state index in [0.717, 1.165) is 6.29 Å². The van der Waals surface area contributed by atoms with E-state index in [1.54, 1.807) is 19.2 Å². The molecular formula is C24H45N3O5. The van der Waals surface area contributed by atoms with Gasteiger partial charge in [-0.05, 0) is 30.7 Å². The number of rotatable bonds is 9. The zero-order valence-corrected chi connectivity index (χ0v) is 21.5. The first-order chi connectivity index (χ1) is 15.1. The zero-order chi connectivity index (χ0) is 25.7. The molecule has 0 aliphatic rings. The van der Waals surface area contributed by atoms with E-state index < -0.39 is 0 Å². The number of carbonyl (C=O) groups excluding carboxylic acids is 3. The Bertz CT molecular complexity index is 634. The molecule has 186 valence electrons. The molecule has 4 N–H and O–H groups in total. The van der Waals surface area contributed by atoms with Crippen LogP contribution >= 0.6 is 0 Å². The summed E-state index contributed by atoms with van der Waals surface area (Å²) in [6, 6.07) is 5.06. The molecule has 1 amide bonds. The number of benzene rings is 1. The van der Waals surface area contributed by atoms with Gasteiger partial charge in [0.05, 0.1) is 18.3 Å². The Morgan fingerprint density at radius 2 is 1.66 bits per heavy atom. The van der Waals surface area contributed by atoms with Gasteiger partial charge in [0.15, 0.2) is 0 Å². The third-order valence-corrected chi connectivity index (χ3v) is 3.51. The lowest BCUT2D eigenvalue weighted by Gasteiger charge is -2.18. The van der Waals surface area contributed by atoms with E-state index in [1.807, 2.05) is 55.4 Å². The molecule has 1 unspecified atom stereocenters. The van der Waals surface area contributed by atoms with Gasteiger partial charge in [-0.3, -0.25) is 9.59 Å². The lowest BCUT2D eigenvalue weighted by molar-refractivity contribution is -0.142. The largest absolute Gasteiger partial charge is 0.506 e. The average Bonchev–Trinajstić information content (AvgIpc) is 2.75. The van der Waals surface area contributed by atoms with E-state index in [4.69, 9.17) is 4.74 Å². The van der Waals surface area contributed by atoms with Crippen LogP contribution in [0.3, 0.4) is 0 Å². The van der Waals surface area contributed by atoms with Gasteiger partial charge in [-0.1, -0.05) is 61.5 Å². The number of esters is 1. The molecule has 0 aromatic heterocycles. The third kappa shape index (κ3) is 18.3. The fourth-order valence-electron chi connectivity index (χ4n) is 2.09. The quantitative estimate of drug-likeness (QED) is 0.254. The smallest absolute Gasteiger partial charge is 0.302 e. The minimum absolute atomic E-state index is 0.0139. The molecule has 0 bridgehead atoms. The van der Waals surface area contributed by atoms with Gasteiger partial charge in [0, 0.05) is 13.0 Å². The standard InChI is InChI=1S/C12H16N2O4.C8H17NO.2C2H6/c1-8(15)18-7-9-3-4-10(11(16)5-9)14-12(17)6-13-2;1-6(2)8(5-10)9-7(3)4;2*1-2/h3-5,13,16H,6-7H2,1-2H3,(H,14,17);5-9H,1-4H3;2*1-2H3. The lowest BCUT2D eigenvalue weighted by Crippen LogP contribution is -2.39. The van der Waals surface area contributed by atoms with Crippen molar-refractivity contribution in [2.45, 2.75) is 81.0 Å². The summed E-state index contributed by atoms with van der Waals surface area (Å²) in [7, 11) is 1.65. The molecular weight excluding hydrogens is 410 g/mol. The molecule has 0 aliphatic carbocycles. The Kier molecular flexibility index (Phi) is 23.2. The predicted molar refractivity (Wildman–Crippen MR) is 132 cm³/mol. The highest BCUT2D eigenvalue weighted by atomic mass is 16.5. The van der Waals surface area contributed by atoms with Crippen molar-refractivity contribution in [3.8, 4) is 5.75 Å². The molecule has 8 nitrogen and oxygen atoms in total. The molecule has 0 radical (unpaired) electrons. The van der Waals surface area contributed by atoms with Gasteiger partial charge in [0.25, 0.3) is 0 Å². The van der Waals surface area contributed by atoms with Gasteiger partial charge in [-0.2, -0.15) is 0 Å². The average molecular weight is 456 g/mol. The maximum absolute atomic E-state index is 11.3. The second-order valence-corrected chi connectivity index (χ2v) is 6.94. The number of phenolic OH excluding ortho intramolecular Hbond substituents is 1. The third-order valence-electron chi connectivity index (χ3n) is 3.51. The van der Waals surface area contributed by atoms with Crippen molar-refractivity contribution in [3.63, 3.8) is 0 Å². The number of ether oxygens (including phenoxy) is 1. The first kappa shape index (κ1) is 34.2. The van der Waals surface area contributed by atoms with Crippen LogP contribution in [-0.2, 0) is 25.7 Å². The summed E-state index contributed by atoms with van der Waals surface area (Å²) >= 11 is 0. The second-order valence-electron chi connectivity index (χ2n) is 6.94. The highest BCUT2D eigenvalue weighted by Gasteiger charge is 2.11. The lowest BCUT2D eigenvalue weighted by atomic mass is 10.1. The number of phenols is 1. The van der Waals surface area contributed by atoms with E-state index in [-0.39, 0.29) is 36.8 Å². The highest BCUT2D eigenvalue weighted by molar-refractivity contribution is 5.93. The van der Waals surface area contributed by atoms with Crippen molar-refractivity contribution in [1.82, 2.24) is 10.6 Å². The zero-order valence-electron chi connectivity index (χ0n) is 21.5. The Balaban J connectivity index is -0.000000511. The number of likely N-dealkylation sites (N-methyl/N-ethyl adjacent to an activating group) is 1. The number of anilines is 1. The van der Waals surface area contributed by atoms with Crippen molar-refractivity contribution in [1.29, 1.82) is 0 Å². The Morgan fingerprint density at radius 3 is 2.00 bits per heavy atom. The van der Waals surface area contributed by atoms with Gasteiger partial charge in [-0.25, -0.2) is 0 Å². The summed E-state index contributed by atoms with van der Waals surface area (Å²) in [5.41, 5.74) is 0.969. The molecule has 8 heteroatoms. The minimum atomic E-state index is -0.388. The molecule has 1 aromatic rings. The van der Waals surface area contributed by atoms with E-state index in [2.05, 4.69) is 16.0 Å². The normalized spacial score (nSPS) is 10.4. The van der Waals surface area contributed by atoms with Crippen LogP contribution < -0.4 is 16.0 Å². The van der Waals surface area contributed by atoms with Crippen LogP contribution in [0.25, 0.3) is 0 Å². The number of nitrogens with one attached hydrogen (secondary N) is 3. The van der Waals surface area contributed by atoms with Gasteiger partial charge in [0.1, 0.15) is 18.6 Å². The maximum Gasteiger partial charge on any atom is 0.302 e. The van der Waals surface area contributed by atoms with Crippen molar-refractivity contribution >= 4 is 23.9 Å². The molecule has 0 heterocycles. The van der Waals surface area contributed by atoms with Crippen molar-refractivity contribution in [3.05, 3.63) is 23.8 Å². The van der Waals surface area contributed by atoms with Gasteiger partial charge < -0.3 is 30.6 Å². The molecule has 0 saturated heterocycles. The summed E-state index contributed by atoms with van der Waals surface area (Å²) in [6.07, 6.45) is 0.977. The van der Waals surface area contributed by atoms with Crippen molar-refractivity contribution < 1.29 is 24.2 Å². The van der Waals surface area contributed by atoms with Crippen molar-refractivity contribution in [2.24, 2.45) is 5.92 Å². The predicted octanol–water partition coefficient (Wildman–Crippen LogP) is 3.87. The van der Waals surface area contributed by atoms with E-state index in [1.165, 1.54) is 13.0 Å². The van der Waals surface area contributed by atoms with E-state index >= 15 is 0 Å². The minimum Gasteiger partial charge on any atom is -0.506 e. The topological polar surface area (TPSA) is 117 Å². The summed E-state index contributed by atoms with van der Waals surface area (Å²) < 4.78 is 4.80. The number of aromatic hydroxyl groups is 1. The van der Waals surface area contributed by atoms with Crippen molar-refractivity contribution in [2.75, 3.05) is 18.9 Å². The molecule has 1 aromatic carbocycles. The number of carbonyl (C=O) groups is 3. The van der Waals surface area contributed by atoms with Gasteiger partial charge >= 0.3 is 5.97 Å². The molecule has 32 heavy (non-hydrogen) atoms. The summed E-state index contributed by atoms with van der Waals surface area (Å²) in [5.74, 6) is -0.314. The SMILES string of the molecule is CC.CC.CC(C)NC(C=O)C(C)C.CNCC(=O)Nc1ccc(COC(C)=O)cc1O. The van der Waals surface area contributed by atoms with Crippen LogP contribution in [0, 0.1) is 5.92 Å². The molecule has 0 aliphatic heterocycles. The molecule has 1 rings (SSSR count). The number of aldehydes is 1. The summed E-state index contributed by atoms with van der Waals surface area (Å²) in [6.45, 7) is 17.7. The number of amides is 1. The van der Waals surface area contributed by atoms with Crippen LogP contribution in [0.1, 0.15) is 67.9 Å². The van der Waals surface area contributed by atoms with Crippen LogP contribution in [0.4, 0.5) is 5.69 Å². The molecule has 0 fully saturated rings. The van der Waals surface area contributed by atoms with Gasteiger partial charge in [-0.15, -0.1) is 0 Å². The Hall–Kier alpha value is -2.45. The van der Waals surface area contributed by atoms with Gasteiger partial charge in [0.2, 0.25) is 5.91 Å². The van der Waals surface area contributed by atoms with E-state index in [9.17, 15) is 19.5 Å². The van der Waals surface area contributed by atoms with Crippen LogP contribution in [0.15, 0.2) is 18.2 Å². The summed E-state index contributed by atoms with van der Waals surface area (Å²) in [5, 5.41) is 18.1. The first-order valence-corrected chi connectivity index (χ1v) is 11.2. The van der Waals surface area contributed by atoms with E-state index in [0.29, 0.717) is 23.2 Å². The molecule has 0 spiro atoms. The second kappa shape index (κ2) is 21.8. The maximum atomic E-state index is 11.3. The fourth-order valence-corrected chi connectivity index (χ4v) is 2.09. The monoisotopic (exact) mass is 455 g/mol. The van der Waals surface area contributed by atoms with Crippen LogP contribution in [-0.4, -0.2) is 48.9 Å².